The summed E-state index contributed by atoms with van der Waals surface area (Å²) in [5.74, 6) is -0.602. The highest BCUT2D eigenvalue weighted by molar-refractivity contribution is 6.31. The molecule has 1 aromatic heterocycles. The number of nitrogens with zero attached hydrogens (tertiary/aromatic N) is 1. The first-order valence-corrected chi connectivity index (χ1v) is 4.28. The van der Waals surface area contributed by atoms with E-state index >= 15 is 0 Å². The fourth-order valence-electron chi connectivity index (χ4n) is 0.734. The third-order valence-corrected chi connectivity index (χ3v) is 1.53. The lowest BCUT2D eigenvalue weighted by molar-refractivity contribution is -0.137. The third kappa shape index (κ3) is 3.06. The number of anilines is 1. The Hall–Kier alpha value is -0.970. The van der Waals surface area contributed by atoms with Gasteiger partial charge in [0.1, 0.15) is 11.4 Å². The van der Waals surface area contributed by atoms with E-state index in [9.17, 15) is 13.2 Å². The number of nitrogens with two attached hydrogens (primary N) is 1. The molecule has 0 saturated carbocycles. The van der Waals surface area contributed by atoms with E-state index in [2.05, 4.69) is 4.98 Å². The molecule has 0 aliphatic carbocycles. The Morgan fingerprint density at radius 3 is 2.14 bits per heavy atom. The number of hydrogen-bond donors (Lipinski definition) is 1. The first-order chi connectivity index (χ1) is 6.43. The van der Waals surface area contributed by atoms with Gasteiger partial charge in [0.2, 0.25) is 0 Å². The van der Waals surface area contributed by atoms with Gasteiger partial charge < -0.3 is 5.73 Å². The summed E-state index contributed by atoms with van der Waals surface area (Å²) in [6, 6.07) is 1.04. The van der Waals surface area contributed by atoms with Crippen molar-refractivity contribution in [2.45, 2.75) is 20.0 Å². The number of aromatic nitrogens is 1. The maximum Gasteiger partial charge on any atom is 0.421 e. The Kier molecular flexibility index (Phi) is 4.70. The van der Waals surface area contributed by atoms with E-state index in [1.807, 2.05) is 13.8 Å². The fourth-order valence-corrected chi connectivity index (χ4v) is 0.994. The van der Waals surface area contributed by atoms with Crippen molar-refractivity contribution in [3.63, 3.8) is 0 Å². The Balaban J connectivity index is 0.000000791. The highest BCUT2D eigenvalue weighted by atomic mass is 35.5. The Bertz CT molecular complexity index is 279. The fraction of sp³-hybridized carbons (Fsp3) is 0.375. The van der Waals surface area contributed by atoms with Crippen LogP contribution in [0.3, 0.4) is 0 Å². The normalized spacial score (nSPS) is 10.4. The molecule has 0 aliphatic rings. The molecule has 1 rings (SSSR count). The summed E-state index contributed by atoms with van der Waals surface area (Å²) >= 11 is 5.27. The second-order valence-electron chi connectivity index (χ2n) is 2.05. The smallest absolute Gasteiger partial charge is 0.383 e. The summed E-state index contributed by atoms with van der Waals surface area (Å²) in [6.07, 6.45) is -3.43. The van der Waals surface area contributed by atoms with Gasteiger partial charge in [0.25, 0.3) is 0 Å². The van der Waals surface area contributed by atoms with E-state index in [4.69, 9.17) is 17.3 Å². The largest absolute Gasteiger partial charge is 0.421 e. The van der Waals surface area contributed by atoms with Crippen molar-refractivity contribution in [1.82, 2.24) is 4.98 Å². The molecular formula is C8H10ClF3N2. The molecule has 1 heterocycles. The predicted molar refractivity (Wildman–Crippen MR) is 50.0 cm³/mol. The van der Waals surface area contributed by atoms with E-state index < -0.39 is 22.6 Å². The first-order valence-electron chi connectivity index (χ1n) is 3.90. The molecule has 1 aromatic rings. The van der Waals surface area contributed by atoms with Crippen molar-refractivity contribution in [1.29, 1.82) is 0 Å². The monoisotopic (exact) mass is 226 g/mol. The van der Waals surface area contributed by atoms with Crippen molar-refractivity contribution in [2.75, 3.05) is 5.73 Å². The van der Waals surface area contributed by atoms with Crippen molar-refractivity contribution in [3.8, 4) is 0 Å². The number of pyridine rings is 1. The lowest BCUT2D eigenvalue weighted by Gasteiger charge is -2.09. The molecule has 0 bridgehead atoms. The van der Waals surface area contributed by atoms with Crippen LogP contribution in [0.2, 0.25) is 5.02 Å². The van der Waals surface area contributed by atoms with Gasteiger partial charge in [-0.05, 0) is 6.07 Å². The Morgan fingerprint density at radius 2 is 1.86 bits per heavy atom. The van der Waals surface area contributed by atoms with Gasteiger partial charge in [-0.25, -0.2) is 4.98 Å². The summed E-state index contributed by atoms with van der Waals surface area (Å²) in [6.45, 7) is 4.00. The lowest BCUT2D eigenvalue weighted by Crippen LogP contribution is -2.10. The minimum Gasteiger partial charge on any atom is -0.383 e. The standard InChI is InChI=1S/C6H4ClF3N2.C2H6/c7-3-1-2-12-5(11)4(3)6(8,9)10;1-2/h1-2H,(H2,11,12);1-2H3. The molecule has 0 spiro atoms. The van der Waals surface area contributed by atoms with Gasteiger partial charge in [0.15, 0.2) is 0 Å². The van der Waals surface area contributed by atoms with Crippen molar-refractivity contribution < 1.29 is 13.2 Å². The summed E-state index contributed by atoms with van der Waals surface area (Å²) in [4.78, 5) is 3.28. The molecule has 0 atom stereocenters. The molecule has 6 heteroatoms. The van der Waals surface area contributed by atoms with Crippen LogP contribution in [-0.2, 0) is 6.18 Å². The number of nitrogen functional groups attached to an aromatic ring is 1. The van der Waals surface area contributed by atoms with Crippen molar-refractivity contribution in [2.24, 2.45) is 0 Å². The Morgan fingerprint density at radius 1 is 1.36 bits per heavy atom. The summed E-state index contributed by atoms with van der Waals surface area (Å²) < 4.78 is 36.3. The number of rotatable bonds is 0. The van der Waals surface area contributed by atoms with Gasteiger partial charge in [-0.2, -0.15) is 13.2 Å². The molecule has 0 aromatic carbocycles. The van der Waals surface area contributed by atoms with Crippen LogP contribution in [-0.4, -0.2) is 4.98 Å². The predicted octanol–water partition coefficient (Wildman–Crippen LogP) is 3.36. The summed E-state index contributed by atoms with van der Waals surface area (Å²) in [5.41, 5.74) is 3.91. The van der Waals surface area contributed by atoms with E-state index in [0.29, 0.717) is 0 Å². The van der Waals surface area contributed by atoms with Crippen molar-refractivity contribution >= 4 is 17.4 Å². The van der Waals surface area contributed by atoms with Gasteiger partial charge in [0, 0.05) is 6.20 Å². The van der Waals surface area contributed by atoms with Crippen LogP contribution in [0.25, 0.3) is 0 Å². The first kappa shape index (κ1) is 13.0. The molecular weight excluding hydrogens is 217 g/mol. The second kappa shape index (κ2) is 5.05. The second-order valence-corrected chi connectivity index (χ2v) is 2.46. The van der Waals surface area contributed by atoms with Gasteiger partial charge in [-0.3, -0.25) is 0 Å². The number of hydrogen-bond acceptors (Lipinski definition) is 2. The highest BCUT2D eigenvalue weighted by Gasteiger charge is 2.36. The van der Waals surface area contributed by atoms with E-state index in [0.717, 1.165) is 12.3 Å². The average molecular weight is 227 g/mol. The molecule has 0 fully saturated rings. The Labute approximate surface area is 84.9 Å². The molecule has 0 aliphatic heterocycles. The van der Waals surface area contributed by atoms with E-state index in [1.54, 1.807) is 0 Å². The van der Waals surface area contributed by atoms with Crippen LogP contribution in [0, 0.1) is 0 Å². The SMILES string of the molecule is CC.Nc1nccc(Cl)c1C(F)(F)F. The van der Waals surface area contributed by atoms with Crippen LogP contribution < -0.4 is 5.73 Å². The average Bonchev–Trinajstić information content (AvgIpc) is 2.05. The molecule has 0 radical (unpaired) electrons. The van der Waals surface area contributed by atoms with Gasteiger partial charge in [-0.15, -0.1) is 0 Å². The summed E-state index contributed by atoms with van der Waals surface area (Å²) in [5, 5.41) is -0.435. The van der Waals surface area contributed by atoms with Crippen LogP contribution >= 0.6 is 11.6 Å². The maximum atomic E-state index is 12.1. The molecule has 2 nitrogen and oxygen atoms in total. The van der Waals surface area contributed by atoms with Crippen LogP contribution in [0.4, 0.5) is 19.0 Å². The van der Waals surface area contributed by atoms with Gasteiger partial charge in [-0.1, -0.05) is 25.4 Å². The maximum absolute atomic E-state index is 12.1. The van der Waals surface area contributed by atoms with Crippen LogP contribution in [0.5, 0.6) is 0 Å². The summed E-state index contributed by atoms with van der Waals surface area (Å²) in [7, 11) is 0. The highest BCUT2D eigenvalue weighted by Crippen LogP contribution is 2.37. The quantitative estimate of drug-likeness (QED) is 0.737. The molecule has 0 saturated heterocycles. The van der Waals surface area contributed by atoms with Gasteiger partial charge in [0.05, 0.1) is 5.02 Å². The minimum absolute atomic E-state index is 0.435. The molecule has 2 N–H and O–H groups in total. The van der Waals surface area contributed by atoms with Crippen LogP contribution in [0.1, 0.15) is 19.4 Å². The molecule has 0 unspecified atom stereocenters. The third-order valence-electron chi connectivity index (χ3n) is 1.21. The van der Waals surface area contributed by atoms with E-state index in [1.165, 1.54) is 0 Å². The zero-order valence-corrected chi connectivity index (χ0v) is 8.45. The van der Waals surface area contributed by atoms with E-state index in [-0.39, 0.29) is 0 Å². The minimum atomic E-state index is -4.55. The van der Waals surface area contributed by atoms with Crippen LogP contribution in [0.15, 0.2) is 12.3 Å². The zero-order chi connectivity index (χ0) is 11.4. The lowest BCUT2D eigenvalue weighted by atomic mass is 10.2. The number of halogens is 4. The van der Waals surface area contributed by atoms with Crippen molar-refractivity contribution in [3.05, 3.63) is 22.8 Å². The zero-order valence-electron chi connectivity index (χ0n) is 7.69. The molecule has 80 valence electrons. The molecule has 14 heavy (non-hydrogen) atoms. The van der Waals surface area contributed by atoms with Gasteiger partial charge >= 0.3 is 6.18 Å². The topological polar surface area (TPSA) is 38.9 Å². The molecule has 0 amide bonds. The number of alkyl halides is 3.